The van der Waals surface area contributed by atoms with Crippen molar-refractivity contribution >= 4 is 23.4 Å². The van der Waals surface area contributed by atoms with Crippen molar-refractivity contribution in [3.8, 4) is 0 Å². The number of anilines is 1. The lowest BCUT2D eigenvalue weighted by molar-refractivity contribution is -0.115. The third kappa shape index (κ3) is 3.81. The highest BCUT2D eigenvalue weighted by molar-refractivity contribution is 8.00. The summed E-state index contributed by atoms with van der Waals surface area (Å²) in [7, 11) is 0. The van der Waals surface area contributed by atoms with E-state index in [1.807, 2.05) is 26.0 Å². The third-order valence-corrected chi connectivity index (χ3v) is 3.90. The highest BCUT2D eigenvalue weighted by atomic mass is 32.2. The number of carbonyl (C=O) groups is 1. The van der Waals surface area contributed by atoms with Crippen molar-refractivity contribution in [2.45, 2.75) is 24.0 Å². The number of pyridine rings is 1. The van der Waals surface area contributed by atoms with E-state index in [9.17, 15) is 9.18 Å². The van der Waals surface area contributed by atoms with Gasteiger partial charge in [0, 0.05) is 23.0 Å². The van der Waals surface area contributed by atoms with E-state index in [0.717, 1.165) is 10.5 Å². The Labute approximate surface area is 121 Å². The Hall–Kier alpha value is -1.88. The van der Waals surface area contributed by atoms with Crippen LogP contribution in [0.5, 0.6) is 0 Å². The fourth-order valence-electron chi connectivity index (χ4n) is 1.64. The number of nitrogens with zero attached hydrogens (tertiary/aromatic N) is 1. The van der Waals surface area contributed by atoms with Gasteiger partial charge >= 0.3 is 0 Å². The van der Waals surface area contributed by atoms with Gasteiger partial charge in [-0.1, -0.05) is 6.07 Å². The zero-order valence-corrected chi connectivity index (χ0v) is 12.1. The van der Waals surface area contributed by atoms with Crippen molar-refractivity contribution in [3.05, 3.63) is 54.1 Å². The lowest BCUT2D eigenvalue weighted by Crippen LogP contribution is -2.22. The molecule has 1 aromatic carbocycles. The SMILES string of the molecule is Cc1ccc(F)cc1NC(=O)C(C)Sc1ccncc1. The largest absolute Gasteiger partial charge is 0.325 e. The number of hydrogen-bond acceptors (Lipinski definition) is 3. The van der Waals surface area contributed by atoms with Crippen molar-refractivity contribution in [3.63, 3.8) is 0 Å². The lowest BCUT2D eigenvalue weighted by atomic mass is 10.2. The minimum absolute atomic E-state index is 0.152. The molecular formula is C15H15FN2OS. The molecule has 0 aliphatic heterocycles. The Kier molecular flexibility index (Phi) is 4.74. The summed E-state index contributed by atoms with van der Waals surface area (Å²) in [5.74, 6) is -0.513. The van der Waals surface area contributed by atoms with Gasteiger partial charge in [0.05, 0.1) is 5.25 Å². The van der Waals surface area contributed by atoms with E-state index in [4.69, 9.17) is 0 Å². The number of nitrogens with one attached hydrogen (secondary N) is 1. The Morgan fingerprint density at radius 2 is 2.00 bits per heavy atom. The minimum Gasteiger partial charge on any atom is -0.325 e. The van der Waals surface area contributed by atoms with Crippen LogP contribution in [0.25, 0.3) is 0 Å². The van der Waals surface area contributed by atoms with E-state index in [2.05, 4.69) is 10.3 Å². The standard InChI is InChI=1S/C15H15FN2OS/c1-10-3-4-12(16)9-14(10)18-15(19)11(2)20-13-5-7-17-8-6-13/h3-9,11H,1-2H3,(H,18,19). The maximum atomic E-state index is 13.2. The number of thioether (sulfide) groups is 1. The summed E-state index contributed by atoms with van der Waals surface area (Å²) >= 11 is 1.44. The van der Waals surface area contributed by atoms with Gasteiger partial charge in [-0.3, -0.25) is 9.78 Å². The molecule has 0 fully saturated rings. The minimum atomic E-state index is -0.361. The number of aryl methyl sites for hydroxylation is 1. The Morgan fingerprint density at radius 1 is 1.30 bits per heavy atom. The van der Waals surface area contributed by atoms with E-state index >= 15 is 0 Å². The predicted octanol–water partition coefficient (Wildman–Crippen LogP) is 3.65. The molecular weight excluding hydrogens is 275 g/mol. The van der Waals surface area contributed by atoms with Crippen molar-refractivity contribution in [2.75, 3.05) is 5.32 Å². The van der Waals surface area contributed by atoms with Gasteiger partial charge in [0.25, 0.3) is 0 Å². The number of carbonyl (C=O) groups excluding carboxylic acids is 1. The van der Waals surface area contributed by atoms with Crippen molar-refractivity contribution in [1.82, 2.24) is 4.98 Å². The van der Waals surface area contributed by atoms with Crippen molar-refractivity contribution in [1.29, 1.82) is 0 Å². The van der Waals surface area contributed by atoms with Crippen LogP contribution in [0.1, 0.15) is 12.5 Å². The van der Waals surface area contributed by atoms with E-state index in [1.165, 1.54) is 23.9 Å². The monoisotopic (exact) mass is 290 g/mol. The second-order valence-electron chi connectivity index (χ2n) is 4.39. The van der Waals surface area contributed by atoms with Crippen molar-refractivity contribution in [2.24, 2.45) is 0 Å². The normalized spacial score (nSPS) is 11.9. The van der Waals surface area contributed by atoms with E-state index in [1.54, 1.807) is 18.5 Å². The molecule has 20 heavy (non-hydrogen) atoms. The molecule has 0 radical (unpaired) electrons. The third-order valence-electron chi connectivity index (χ3n) is 2.79. The molecule has 5 heteroatoms. The quantitative estimate of drug-likeness (QED) is 0.874. The van der Waals surface area contributed by atoms with Crippen LogP contribution in [0.15, 0.2) is 47.6 Å². The van der Waals surface area contributed by atoms with Gasteiger partial charge in [0.15, 0.2) is 0 Å². The Balaban J connectivity index is 2.02. The van der Waals surface area contributed by atoms with Crippen LogP contribution >= 0.6 is 11.8 Å². The molecule has 2 rings (SSSR count). The van der Waals surface area contributed by atoms with Gasteiger partial charge in [-0.2, -0.15) is 0 Å². The van der Waals surface area contributed by atoms with Crippen molar-refractivity contribution < 1.29 is 9.18 Å². The van der Waals surface area contributed by atoms with Crippen LogP contribution in [-0.2, 0) is 4.79 Å². The first-order valence-electron chi connectivity index (χ1n) is 6.20. The average molecular weight is 290 g/mol. The second-order valence-corrected chi connectivity index (χ2v) is 5.81. The zero-order valence-electron chi connectivity index (χ0n) is 11.3. The molecule has 2 aromatic rings. The van der Waals surface area contributed by atoms with Gasteiger partial charge in [-0.05, 0) is 43.7 Å². The van der Waals surface area contributed by atoms with Gasteiger partial charge in [0.2, 0.25) is 5.91 Å². The number of rotatable bonds is 4. The molecule has 1 aromatic heterocycles. The molecule has 1 N–H and O–H groups in total. The van der Waals surface area contributed by atoms with Gasteiger partial charge in [-0.15, -0.1) is 11.8 Å². The molecule has 3 nitrogen and oxygen atoms in total. The Bertz CT molecular complexity index is 604. The number of amides is 1. The average Bonchev–Trinajstić information content (AvgIpc) is 2.44. The van der Waals surface area contributed by atoms with E-state index in [0.29, 0.717) is 5.69 Å². The summed E-state index contributed by atoms with van der Waals surface area (Å²) in [6.45, 7) is 3.64. The topological polar surface area (TPSA) is 42.0 Å². The predicted molar refractivity (Wildman–Crippen MR) is 79.3 cm³/mol. The number of halogens is 1. The summed E-state index contributed by atoms with van der Waals surface area (Å²) in [5, 5.41) is 2.48. The fraction of sp³-hybridized carbons (Fsp3) is 0.200. The molecule has 0 saturated heterocycles. The molecule has 1 atom stereocenters. The smallest absolute Gasteiger partial charge is 0.237 e. The first-order chi connectivity index (χ1) is 9.56. The van der Waals surface area contributed by atoms with E-state index in [-0.39, 0.29) is 17.0 Å². The summed E-state index contributed by atoms with van der Waals surface area (Å²) in [6, 6.07) is 8.05. The van der Waals surface area contributed by atoms with Crippen LogP contribution in [0, 0.1) is 12.7 Å². The molecule has 1 heterocycles. The second kappa shape index (κ2) is 6.52. The summed E-state index contributed by atoms with van der Waals surface area (Å²) in [5.41, 5.74) is 1.35. The highest BCUT2D eigenvalue weighted by Gasteiger charge is 2.15. The number of aromatic nitrogens is 1. The zero-order chi connectivity index (χ0) is 14.5. The summed E-state index contributed by atoms with van der Waals surface area (Å²) in [6.07, 6.45) is 3.37. The van der Waals surface area contributed by atoms with Gasteiger partial charge < -0.3 is 5.32 Å². The molecule has 0 spiro atoms. The molecule has 1 amide bonds. The van der Waals surface area contributed by atoms with Crippen LogP contribution in [0.4, 0.5) is 10.1 Å². The molecule has 0 aliphatic carbocycles. The maximum Gasteiger partial charge on any atom is 0.237 e. The Morgan fingerprint density at radius 3 is 2.70 bits per heavy atom. The fourth-order valence-corrected chi connectivity index (χ4v) is 2.49. The molecule has 0 bridgehead atoms. The van der Waals surface area contributed by atoms with Crippen LogP contribution < -0.4 is 5.32 Å². The maximum absolute atomic E-state index is 13.2. The highest BCUT2D eigenvalue weighted by Crippen LogP contribution is 2.24. The number of benzene rings is 1. The van der Waals surface area contributed by atoms with Crippen LogP contribution in [-0.4, -0.2) is 16.1 Å². The van der Waals surface area contributed by atoms with Gasteiger partial charge in [0.1, 0.15) is 5.82 Å². The molecule has 0 saturated carbocycles. The molecule has 104 valence electrons. The molecule has 0 aliphatic rings. The summed E-state index contributed by atoms with van der Waals surface area (Å²) < 4.78 is 13.2. The van der Waals surface area contributed by atoms with Gasteiger partial charge in [-0.25, -0.2) is 4.39 Å². The van der Waals surface area contributed by atoms with E-state index < -0.39 is 0 Å². The van der Waals surface area contributed by atoms with Crippen LogP contribution in [0.2, 0.25) is 0 Å². The first kappa shape index (κ1) is 14.5. The summed E-state index contributed by atoms with van der Waals surface area (Å²) in [4.78, 5) is 17.0. The number of hydrogen-bond donors (Lipinski definition) is 1. The molecule has 1 unspecified atom stereocenters. The first-order valence-corrected chi connectivity index (χ1v) is 7.08. The van der Waals surface area contributed by atoms with Crippen LogP contribution in [0.3, 0.4) is 0 Å². The lowest BCUT2D eigenvalue weighted by Gasteiger charge is -2.13.